The van der Waals surface area contributed by atoms with Crippen LogP contribution in [0.2, 0.25) is 0 Å². The van der Waals surface area contributed by atoms with E-state index in [1.807, 2.05) is 24.3 Å². The van der Waals surface area contributed by atoms with Gasteiger partial charge in [0.25, 0.3) is 0 Å². The number of rotatable bonds is 6. The molecule has 0 bridgehead atoms. The lowest BCUT2D eigenvalue weighted by molar-refractivity contribution is -0.121. The van der Waals surface area contributed by atoms with Crippen LogP contribution in [-0.2, 0) is 4.79 Å². The first-order valence-electron chi connectivity index (χ1n) is 6.36. The summed E-state index contributed by atoms with van der Waals surface area (Å²) in [4.78, 5) is 11.8. The van der Waals surface area contributed by atoms with Gasteiger partial charge in [-0.15, -0.1) is 0 Å². The van der Waals surface area contributed by atoms with E-state index in [9.17, 15) is 4.79 Å². The predicted octanol–water partition coefficient (Wildman–Crippen LogP) is 1.41. The SMILES string of the molecule is COc1ccc(C(CN)CC(=O)NC2CC2)cc1. The zero-order chi connectivity index (χ0) is 13.0. The molecule has 3 N–H and O–H groups in total. The Balaban J connectivity index is 1.95. The van der Waals surface area contributed by atoms with Gasteiger partial charge in [-0.05, 0) is 37.1 Å². The minimum absolute atomic E-state index is 0.0784. The lowest BCUT2D eigenvalue weighted by atomic mass is 9.95. The highest BCUT2D eigenvalue weighted by atomic mass is 16.5. The number of ether oxygens (including phenoxy) is 1. The van der Waals surface area contributed by atoms with Gasteiger partial charge in [-0.2, -0.15) is 0 Å². The molecule has 1 aromatic carbocycles. The summed E-state index contributed by atoms with van der Waals surface area (Å²) in [7, 11) is 1.64. The number of carbonyl (C=O) groups is 1. The Labute approximate surface area is 108 Å². The second-order valence-corrected chi connectivity index (χ2v) is 4.75. The average molecular weight is 248 g/mol. The van der Waals surface area contributed by atoms with E-state index in [1.165, 1.54) is 0 Å². The van der Waals surface area contributed by atoms with E-state index in [4.69, 9.17) is 10.5 Å². The molecule has 1 fully saturated rings. The van der Waals surface area contributed by atoms with Gasteiger partial charge >= 0.3 is 0 Å². The van der Waals surface area contributed by atoms with Crippen LogP contribution in [0.3, 0.4) is 0 Å². The van der Waals surface area contributed by atoms with Crippen molar-refractivity contribution in [1.82, 2.24) is 5.32 Å². The molecule has 0 heterocycles. The van der Waals surface area contributed by atoms with Crippen molar-refractivity contribution in [2.75, 3.05) is 13.7 Å². The van der Waals surface area contributed by atoms with E-state index < -0.39 is 0 Å². The normalized spacial score (nSPS) is 16.1. The minimum atomic E-state index is 0.0784. The maximum Gasteiger partial charge on any atom is 0.220 e. The number of benzene rings is 1. The monoisotopic (exact) mass is 248 g/mol. The largest absolute Gasteiger partial charge is 0.497 e. The number of carbonyl (C=O) groups excluding carboxylic acids is 1. The second-order valence-electron chi connectivity index (χ2n) is 4.75. The quantitative estimate of drug-likeness (QED) is 0.800. The van der Waals surface area contributed by atoms with E-state index in [0.29, 0.717) is 19.0 Å². The molecule has 1 amide bonds. The third kappa shape index (κ3) is 3.47. The van der Waals surface area contributed by atoms with Crippen LogP contribution in [0.25, 0.3) is 0 Å². The van der Waals surface area contributed by atoms with Crippen LogP contribution in [0.5, 0.6) is 5.75 Å². The van der Waals surface area contributed by atoms with Gasteiger partial charge in [-0.3, -0.25) is 4.79 Å². The zero-order valence-electron chi connectivity index (χ0n) is 10.7. The molecule has 18 heavy (non-hydrogen) atoms. The van der Waals surface area contributed by atoms with Crippen LogP contribution < -0.4 is 15.8 Å². The first kappa shape index (κ1) is 12.9. The van der Waals surface area contributed by atoms with Gasteiger partial charge in [-0.1, -0.05) is 12.1 Å². The van der Waals surface area contributed by atoms with Gasteiger partial charge < -0.3 is 15.8 Å². The number of methoxy groups -OCH3 is 1. The van der Waals surface area contributed by atoms with Crippen molar-refractivity contribution in [1.29, 1.82) is 0 Å². The number of amides is 1. The Hall–Kier alpha value is -1.55. The average Bonchev–Trinajstić information content (AvgIpc) is 3.20. The zero-order valence-corrected chi connectivity index (χ0v) is 10.7. The molecule has 0 spiro atoms. The van der Waals surface area contributed by atoms with Gasteiger partial charge in [0.1, 0.15) is 5.75 Å². The Bertz CT molecular complexity index is 399. The molecule has 0 aliphatic heterocycles. The fraction of sp³-hybridized carbons (Fsp3) is 0.500. The maximum atomic E-state index is 11.8. The second kappa shape index (κ2) is 5.87. The number of nitrogens with one attached hydrogen (secondary N) is 1. The van der Waals surface area contributed by atoms with E-state index in [1.54, 1.807) is 7.11 Å². The molecule has 1 aliphatic carbocycles. The van der Waals surface area contributed by atoms with Gasteiger partial charge in [0.2, 0.25) is 5.91 Å². The van der Waals surface area contributed by atoms with E-state index in [2.05, 4.69) is 5.32 Å². The standard InChI is InChI=1S/C14H20N2O2/c1-18-13-6-2-10(3-7-13)11(9-15)8-14(17)16-12-4-5-12/h2-3,6-7,11-12H,4-5,8-9,15H2,1H3,(H,16,17). The molecule has 1 unspecified atom stereocenters. The van der Waals surface area contributed by atoms with Crippen LogP contribution in [0.4, 0.5) is 0 Å². The van der Waals surface area contributed by atoms with Gasteiger partial charge in [-0.25, -0.2) is 0 Å². The number of hydrogen-bond donors (Lipinski definition) is 2. The summed E-state index contributed by atoms with van der Waals surface area (Å²) in [6, 6.07) is 8.15. The Morgan fingerprint density at radius 1 is 1.44 bits per heavy atom. The molecular weight excluding hydrogens is 228 g/mol. The predicted molar refractivity (Wildman–Crippen MR) is 70.6 cm³/mol. The van der Waals surface area contributed by atoms with Crippen molar-refractivity contribution in [3.63, 3.8) is 0 Å². The highest BCUT2D eigenvalue weighted by molar-refractivity contribution is 5.77. The van der Waals surface area contributed by atoms with Crippen LogP contribution in [0.15, 0.2) is 24.3 Å². The van der Waals surface area contributed by atoms with Crippen LogP contribution in [0.1, 0.15) is 30.7 Å². The maximum absolute atomic E-state index is 11.8. The first-order chi connectivity index (χ1) is 8.72. The summed E-state index contributed by atoms with van der Waals surface area (Å²) in [5.74, 6) is 0.996. The lowest BCUT2D eigenvalue weighted by Gasteiger charge is -2.15. The van der Waals surface area contributed by atoms with Gasteiger partial charge in [0.15, 0.2) is 0 Å². The minimum Gasteiger partial charge on any atom is -0.497 e. The lowest BCUT2D eigenvalue weighted by Crippen LogP contribution is -2.28. The molecule has 1 aromatic rings. The number of hydrogen-bond acceptors (Lipinski definition) is 3. The number of nitrogens with two attached hydrogens (primary N) is 1. The van der Waals surface area contributed by atoms with Crippen molar-refractivity contribution in [3.05, 3.63) is 29.8 Å². The topological polar surface area (TPSA) is 64.3 Å². The summed E-state index contributed by atoms with van der Waals surface area (Å²) < 4.78 is 5.11. The molecule has 0 aromatic heterocycles. The van der Waals surface area contributed by atoms with Crippen LogP contribution >= 0.6 is 0 Å². The Morgan fingerprint density at radius 2 is 2.11 bits per heavy atom. The molecule has 1 aliphatic rings. The summed E-state index contributed by atoms with van der Waals surface area (Å²) >= 11 is 0. The molecular formula is C14H20N2O2. The summed E-state index contributed by atoms with van der Waals surface area (Å²) in [5, 5.41) is 2.99. The molecule has 0 saturated heterocycles. The molecule has 2 rings (SSSR count). The van der Waals surface area contributed by atoms with Crippen LogP contribution in [-0.4, -0.2) is 25.6 Å². The fourth-order valence-corrected chi connectivity index (χ4v) is 1.95. The highest BCUT2D eigenvalue weighted by Crippen LogP contribution is 2.23. The van der Waals surface area contributed by atoms with Crippen LogP contribution in [0, 0.1) is 0 Å². The van der Waals surface area contributed by atoms with Crippen molar-refractivity contribution >= 4 is 5.91 Å². The Morgan fingerprint density at radius 3 is 2.61 bits per heavy atom. The summed E-state index contributed by atoms with van der Waals surface area (Å²) in [6.07, 6.45) is 2.68. The third-order valence-electron chi connectivity index (χ3n) is 3.25. The van der Waals surface area contributed by atoms with Crippen molar-refractivity contribution < 1.29 is 9.53 Å². The first-order valence-corrected chi connectivity index (χ1v) is 6.36. The van der Waals surface area contributed by atoms with Crippen molar-refractivity contribution in [2.24, 2.45) is 5.73 Å². The van der Waals surface area contributed by atoms with Crippen molar-refractivity contribution in [2.45, 2.75) is 31.2 Å². The molecule has 1 atom stereocenters. The molecule has 1 saturated carbocycles. The van der Waals surface area contributed by atoms with E-state index in [-0.39, 0.29) is 11.8 Å². The Kier molecular flexibility index (Phi) is 4.20. The molecule has 4 nitrogen and oxygen atoms in total. The molecule has 4 heteroatoms. The van der Waals surface area contributed by atoms with E-state index in [0.717, 1.165) is 24.2 Å². The highest BCUT2D eigenvalue weighted by Gasteiger charge is 2.24. The van der Waals surface area contributed by atoms with Crippen molar-refractivity contribution in [3.8, 4) is 5.75 Å². The summed E-state index contributed by atoms with van der Waals surface area (Å²) in [5.41, 5.74) is 6.85. The molecule has 98 valence electrons. The van der Waals surface area contributed by atoms with Gasteiger partial charge in [0.05, 0.1) is 7.11 Å². The summed E-state index contributed by atoms with van der Waals surface area (Å²) in [6.45, 7) is 0.477. The molecule has 0 radical (unpaired) electrons. The fourth-order valence-electron chi connectivity index (χ4n) is 1.95. The smallest absolute Gasteiger partial charge is 0.220 e. The third-order valence-corrected chi connectivity index (χ3v) is 3.25. The van der Waals surface area contributed by atoms with E-state index >= 15 is 0 Å². The van der Waals surface area contributed by atoms with Gasteiger partial charge in [0, 0.05) is 18.4 Å².